The van der Waals surface area contributed by atoms with E-state index in [1.165, 1.54) is 0 Å². The lowest BCUT2D eigenvalue weighted by Gasteiger charge is -2.15. The summed E-state index contributed by atoms with van der Waals surface area (Å²) in [5, 5.41) is 17.3. The third-order valence-corrected chi connectivity index (χ3v) is 4.92. The van der Waals surface area contributed by atoms with Crippen molar-refractivity contribution < 1.29 is 14.3 Å². The maximum atomic E-state index is 12.4. The molecular formula is C20H22N4O3. The van der Waals surface area contributed by atoms with Crippen LogP contribution < -0.4 is 5.32 Å². The van der Waals surface area contributed by atoms with Crippen LogP contribution in [0.15, 0.2) is 59.4 Å². The summed E-state index contributed by atoms with van der Waals surface area (Å²) in [6.07, 6.45) is 6.56. The molecule has 0 saturated heterocycles. The second-order valence-electron chi connectivity index (χ2n) is 7.01. The number of aliphatic hydroxyl groups excluding tert-OH is 1. The van der Waals surface area contributed by atoms with Crippen molar-refractivity contribution >= 4 is 5.91 Å². The average molecular weight is 366 g/mol. The average Bonchev–Trinajstić information content (AvgIpc) is 3.39. The van der Waals surface area contributed by atoms with E-state index in [2.05, 4.69) is 15.4 Å². The van der Waals surface area contributed by atoms with E-state index < -0.39 is 12.0 Å². The maximum absolute atomic E-state index is 12.4. The van der Waals surface area contributed by atoms with Crippen LogP contribution in [0.5, 0.6) is 0 Å². The Morgan fingerprint density at radius 3 is 2.89 bits per heavy atom. The van der Waals surface area contributed by atoms with Gasteiger partial charge in [-0.25, -0.2) is 4.98 Å². The van der Waals surface area contributed by atoms with Crippen LogP contribution in [0.3, 0.4) is 0 Å². The highest BCUT2D eigenvalue weighted by Gasteiger charge is 2.35. The molecule has 0 aliphatic heterocycles. The number of amides is 1. The van der Waals surface area contributed by atoms with E-state index in [4.69, 9.17) is 4.42 Å². The molecule has 7 nitrogen and oxygen atoms in total. The Balaban J connectivity index is 1.33. The molecule has 4 rings (SSSR count). The molecule has 2 N–H and O–H groups in total. The number of carbonyl (C=O) groups is 1. The fraction of sp³-hybridized carbons (Fsp3) is 0.350. The van der Waals surface area contributed by atoms with Gasteiger partial charge >= 0.3 is 5.91 Å². The number of nitrogens with zero attached hydrogens (tertiary/aromatic N) is 3. The van der Waals surface area contributed by atoms with Crippen molar-refractivity contribution in [3.05, 3.63) is 72.2 Å². The molecule has 1 aliphatic carbocycles. The molecule has 140 valence electrons. The van der Waals surface area contributed by atoms with Gasteiger partial charge in [0.25, 0.3) is 5.89 Å². The van der Waals surface area contributed by atoms with Gasteiger partial charge in [-0.15, -0.1) is 0 Å². The second kappa shape index (κ2) is 7.75. The van der Waals surface area contributed by atoms with Crippen molar-refractivity contribution in [3.8, 4) is 0 Å². The van der Waals surface area contributed by atoms with E-state index in [0.29, 0.717) is 25.0 Å². The summed E-state index contributed by atoms with van der Waals surface area (Å²) < 4.78 is 7.44. The van der Waals surface area contributed by atoms with Crippen molar-refractivity contribution in [2.45, 2.75) is 38.0 Å². The van der Waals surface area contributed by atoms with E-state index in [0.717, 1.165) is 12.1 Å². The van der Waals surface area contributed by atoms with Crippen LogP contribution in [0.25, 0.3) is 0 Å². The number of aromatic nitrogens is 3. The van der Waals surface area contributed by atoms with Gasteiger partial charge in [-0.05, 0) is 30.4 Å². The molecule has 27 heavy (non-hydrogen) atoms. The van der Waals surface area contributed by atoms with Crippen LogP contribution in [0, 0.1) is 5.92 Å². The zero-order valence-corrected chi connectivity index (χ0v) is 14.9. The zero-order valence-electron chi connectivity index (χ0n) is 14.9. The number of hydrogen-bond donors (Lipinski definition) is 2. The van der Waals surface area contributed by atoms with Gasteiger partial charge in [-0.3, -0.25) is 9.48 Å². The molecule has 0 spiro atoms. The van der Waals surface area contributed by atoms with Crippen LogP contribution in [-0.4, -0.2) is 37.9 Å². The van der Waals surface area contributed by atoms with Crippen LogP contribution in [0.2, 0.25) is 0 Å². The highest BCUT2D eigenvalue weighted by molar-refractivity contribution is 5.89. The normalized spacial score (nSPS) is 22.0. The smallest absolute Gasteiger partial charge is 0.307 e. The van der Waals surface area contributed by atoms with Crippen molar-refractivity contribution in [3.63, 3.8) is 0 Å². The van der Waals surface area contributed by atoms with Crippen molar-refractivity contribution in [1.82, 2.24) is 20.1 Å². The summed E-state index contributed by atoms with van der Waals surface area (Å²) in [7, 11) is 0. The summed E-state index contributed by atoms with van der Waals surface area (Å²) in [4.78, 5) is 16.5. The van der Waals surface area contributed by atoms with Crippen LogP contribution in [0.4, 0.5) is 0 Å². The first kappa shape index (κ1) is 17.5. The summed E-state index contributed by atoms with van der Waals surface area (Å²) in [5.41, 5.74) is 1.09. The Morgan fingerprint density at radius 2 is 2.11 bits per heavy atom. The molecule has 7 heteroatoms. The first-order chi connectivity index (χ1) is 13.2. The largest absolute Gasteiger partial charge is 0.437 e. The molecule has 1 aliphatic rings. The molecule has 1 saturated carbocycles. The number of nitrogens with one attached hydrogen (secondary N) is 1. The lowest BCUT2D eigenvalue weighted by molar-refractivity contribution is 0.0838. The third kappa shape index (κ3) is 4.25. The zero-order chi connectivity index (χ0) is 18.6. The van der Waals surface area contributed by atoms with Gasteiger partial charge in [-0.1, -0.05) is 30.3 Å². The van der Waals surface area contributed by atoms with Gasteiger partial charge in [0.1, 0.15) is 5.76 Å². The summed E-state index contributed by atoms with van der Waals surface area (Å²) in [6.45, 7) is 0.733. The summed E-state index contributed by atoms with van der Waals surface area (Å²) in [5.74, 6) is 0.542. The van der Waals surface area contributed by atoms with E-state index in [-0.39, 0.29) is 17.9 Å². The van der Waals surface area contributed by atoms with Crippen molar-refractivity contribution in [1.29, 1.82) is 0 Å². The Hall–Kier alpha value is -2.93. The predicted molar refractivity (Wildman–Crippen MR) is 98.0 cm³/mol. The molecule has 0 bridgehead atoms. The minimum absolute atomic E-state index is 0.0312. The third-order valence-electron chi connectivity index (χ3n) is 4.92. The van der Waals surface area contributed by atoms with Gasteiger partial charge in [0.15, 0.2) is 0 Å². The Bertz CT molecular complexity index is 876. The van der Waals surface area contributed by atoms with E-state index in [1.807, 2.05) is 47.3 Å². The first-order valence-corrected chi connectivity index (χ1v) is 9.12. The minimum Gasteiger partial charge on any atom is -0.437 e. The first-order valence-electron chi connectivity index (χ1n) is 9.12. The molecule has 1 unspecified atom stereocenters. The molecule has 1 amide bonds. The predicted octanol–water partition coefficient (Wildman–Crippen LogP) is 2.03. The molecule has 1 aromatic carbocycles. The molecule has 1 fully saturated rings. The van der Waals surface area contributed by atoms with Gasteiger partial charge in [0.05, 0.1) is 18.3 Å². The standard InChI is InChI=1S/C20H22N4O3/c25-18-11-15(13-24-8-4-7-22-24)10-17(18)23-19(26)20-21-12-16(27-20)9-14-5-2-1-3-6-14/h1-8,12,15,17-18,25H,9-11,13H2,(H,23,26)/t15?,17-,18-/m1/s1. The molecule has 3 aromatic rings. The van der Waals surface area contributed by atoms with Gasteiger partial charge in [0.2, 0.25) is 0 Å². The monoisotopic (exact) mass is 366 g/mol. The highest BCUT2D eigenvalue weighted by Crippen LogP contribution is 2.27. The van der Waals surface area contributed by atoms with Crippen LogP contribution in [0.1, 0.15) is 34.9 Å². The number of rotatable bonds is 6. The van der Waals surface area contributed by atoms with E-state index >= 15 is 0 Å². The topological polar surface area (TPSA) is 93.2 Å². The van der Waals surface area contributed by atoms with Crippen molar-refractivity contribution in [2.24, 2.45) is 5.92 Å². The van der Waals surface area contributed by atoms with Gasteiger partial charge in [-0.2, -0.15) is 5.10 Å². The quantitative estimate of drug-likeness (QED) is 0.696. The number of aliphatic hydroxyl groups is 1. The fourth-order valence-electron chi connectivity index (χ4n) is 3.62. The Labute approximate surface area is 157 Å². The molecule has 2 aromatic heterocycles. The second-order valence-corrected chi connectivity index (χ2v) is 7.01. The van der Waals surface area contributed by atoms with Gasteiger partial charge in [0, 0.05) is 25.4 Å². The van der Waals surface area contributed by atoms with Crippen LogP contribution in [-0.2, 0) is 13.0 Å². The molecular weight excluding hydrogens is 344 g/mol. The van der Waals surface area contributed by atoms with Gasteiger partial charge < -0.3 is 14.8 Å². The van der Waals surface area contributed by atoms with Crippen molar-refractivity contribution in [2.75, 3.05) is 0 Å². The Morgan fingerprint density at radius 1 is 1.26 bits per heavy atom. The fourth-order valence-corrected chi connectivity index (χ4v) is 3.62. The minimum atomic E-state index is -0.576. The molecule has 2 heterocycles. The number of carbonyl (C=O) groups excluding carboxylic acids is 1. The number of hydrogen-bond acceptors (Lipinski definition) is 5. The van der Waals surface area contributed by atoms with Crippen LogP contribution >= 0.6 is 0 Å². The number of oxazole rings is 1. The van der Waals surface area contributed by atoms with E-state index in [1.54, 1.807) is 12.4 Å². The maximum Gasteiger partial charge on any atom is 0.307 e. The SMILES string of the molecule is O=C(N[C@@H]1CC(Cn2cccn2)C[C@H]1O)c1ncc(Cc2ccccc2)o1. The Kier molecular flexibility index (Phi) is 5.02. The lowest BCUT2D eigenvalue weighted by Crippen LogP contribution is -2.40. The number of benzene rings is 1. The summed E-state index contributed by atoms with van der Waals surface area (Å²) in [6, 6.07) is 11.4. The summed E-state index contributed by atoms with van der Waals surface area (Å²) >= 11 is 0. The highest BCUT2D eigenvalue weighted by atomic mass is 16.4. The van der Waals surface area contributed by atoms with E-state index in [9.17, 15) is 9.90 Å². The lowest BCUT2D eigenvalue weighted by atomic mass is 10.1. The molecule has 0 radical (unpaired) electrons. The molecule has 3 atom stereocenters.